The van der Waals surface area contributed by atoms with E-state index in [1.54, 1.807) is 35.7 Å². The number of carbonyl (C=O) groups excluding carboxylic acids is 2. The van der Waals surface area contributed by atoms with Crippen molar-refractivity contribution in [2.45, 2.75) is 38.0 Å². The van der Waals surface area contributed by atoms with Gasteiger partial charge in [-0.15, -0.1) is 0 Å². The lowest BCUT2D eigenvalue weighted by Crippen LogP contribution is -2.36. The van der Waals surface area contributed by atoms with Gasteiger partial charge < -0.3 is 14.5 Å². The maximum Gasteiger partial charge on any atom is 0.359 e. The number of nitrogens with zero attached hydrogens (tertiary/aromatic N) is 3. The van der Waals surface area contributed by atoms with Crippen molar-refractivity contribution in [2.75, 3.05) is 25.0 Å². The highest BCUT2D eigenvalue weighted by Crippen LogP contribution is 2.26. The molecule has 0 spiro atoms. The van der Waals surface area contributed by atoms with E-state index in [0.29, 0.717) is 30.0 Å². The summed E-state index contributed by atoms with van der Waals surface area (Å²) in [5.41, 5.74) is 2.54. The highest BCUT2D eigenvalue weighted by Gasteiger charge is 2.27. The number of pyridine rings is 1. The maximum absolute atomic E-state index is 13.1. The third-order valence-electron chi connectivity index (χ3n) is 5.64. The summed E-state index contributed by atoms with van der Waals surface area (Å²) in [6.07, 6.45) is 4.26. The van der Waals surface area contributed by atoms with E-state index in [1.807, 2.05) is 19.1 Å². The Bertz CT molecular complexity index is 1310. The number of ether oxygens (including phenoxy) is 1. The van der Waals surface area contributed by atoms with Gasteiger partial charge >= 0.3 is 5.97 Å². The first kappa shape index (κ1) is 22.9. The van der Waals surface area contributed by atoms with Crippen LogP contribution in [-0.2, 0) is 19.6 Å². The zero-order valence-corrected chi connectivity index (χ0v) is 19.4. The molecule has 174 valence electrons. The van der Waals surface area contributed by atoms with Crippen LogP contribution in [-0.4, -0.2) is 53.7 Å². The van der Waals surface area contributed by atoms with Gasteiger partial charge in [-0.2, -0.15) is 4.31 Å². The molecule has 0 bridgehead atoms. The zero-order valence-electron chi connectivity index (χ0n) is 18.6. The molecule has 0 atom stereocenters. The lowest BCUT2D eigenvalue weighted by Gasteiger charge is -2.26. The molecule has 1 aliphatic rings. The normalized spacial score (nSPS) is 14.8. The highest BCUT2D eigenvalue weighted by molar-refractivity contribution is 7.89. The predicted molar refractivity (Wildman–Crippen MR) is 123 cm³/mol. The number of amides is 1. The molecule has 0 saturated carbocycles. The van der Waals surface area contributed by atoms with E-state index >= 15 is 0 Å². The minimum atomic E-state index is -3.64. The fraction of sp³-hybridized carbons (Fsp3) is 0.348. The molecule has 0 aliphatic carbocycles. The maximum atomic E-state index is 13.1. The molecule has 1 aromatic carbocycles. The Balaban J connectivity index is 1.41. The number of hydrogen-bond acceptors (Lipinski definition) is 6. The largest absolute Gasteiger partial charge is 0.451 e. The summed E-state index contributed by atoms with van der Waals surface area (Å²) in [4.78, 5) is 29.1. The Hall–Kier alpha value is -3.24. The van der Waals surface area contributed by atoms with Crippen LogP contribution in [0.5, 0.6) is 0 Å². The van der Waals surface area contributed by atoms with E-state index in [4.69, 9.17) is 4.74 Å². The summed E-state index contributed by atoms with van der Waals surface area (Å²) in [7, 11) is -3.64. The van der Waals surface area contributed by atoms with E-state index in [9.17, 15) is 18.0 Å². The summed E-state index contributed by atoms with van der Waals surface area (Å²) in [5, 5.41) is 2.60. The molecule has 1 aliphatic heterocycles. The van der Waals surface area contributed by atoms with E-state index in [0.717, 1.165) is 25.0 Å². The Morgan fingerprint density at radius 3 is 2.58 bits per heavy atom. The molecule has 0 unspecified atom stereocenters. The molecule has 1 fully saturated rings. The third-order valence-corrected chi connectivity index (χ3v) is 7.68. The standard InChI is InChI=1S/C23H26N4O5S/c1-16-9-10-18(13-20(16)33(30,31)26-11-4-3-5-12-26)24-22(28)15-32-23(29)19-14-27-17(2)7-6-8-21(27)25-19/h6-10,13-14H,3-5,11-12,15H2,1-2H3,(H,24,28). The Kier molecular flexibility index (Phi) is 6.48. The number of aromatic nitrogens is 2. The van der Waals surface area contributed by atoms with Crippen LogP contribution < -0.4 is 5.32 Å². The third kappa shape index (κ3) is 4.91. The van der Waals surface area contributed by atoms with Crippen LogP contribution in [0.4, 0.5) is 5.69 Å². The molecule has 1 N–H and O–H groups in total. The Morgan fingerprint density at radius 2 is 1.85 bits per heavy atom. The molecule has 10 heteroatoms. The van der Waals surface area contributed by atoms with Crippen molar-refractivity contribution in [1.29, 1.82) is 0 Å². The summed E-state index contributed by atoms with van der Waals surface area (Å²) in [5.74, 6) is -1.29. The van der Waals surface area contributed by atoms with Crippen molar-refractivity contribution in [3.63, 3.8) is 0 Å². The van der Waals surface area contributed by atoms with Gasteiger partial charge in [-0.3, -0.25) is 4.79 Å². The fourth-order valence-corrected chi connectivity index (χ4v) is 5.62. The molecule has 2 aromatic heterocycles. The van der Waals surface area contributed by atoms with E-state index in [2.05, 4.69) is 10.3 Å². The van der Waals surface area contributed by atoms with Gasteiger partial charge in [0.15, 0.2) is 12.3 Å². The predicted octanol–water partition coefficient (Wildman–Crippen LogP) is 2.92. The SMILES string of the molecule is Cc1ccc(NC(=O)COC(=O)c2cn3c(C)cccc3n2)cc1S(=O)(=O)N1CCCCC1. The summed E-state index contributed by atoms with van der Waals surface area (Å²) in [6, 6.07) is 10.2. The van der Waals surface area contributed by atoms with Gasteiger partial charge in [-0.1, -0.05) is 18.6 Å². The number of rotatable bonds is 6. The number of hydrogen-bond donors (Lipinski definition) is 1. The quantitative estimate of drug-likeness (QED) is 0.555. The van der Waals surface area contributed by atoms with Crippen LogP contribution in [0.15, 0.2) is 47.5 Å². The number of carbonyl (C=O) groups is 2. The first-order valence-corrected chi connectivity index (χ1v) is 12.2. The van der Waals surface area contributed by atoms with Crippen LogP contribution in [0, 0.1) is 13.8 Å². The van der Waals surface area contributed by atoms with Crippen LogP contribution in [0.3, 0.4) is 0 Å². The van der Waals surface area contributed by atoms with Gasteiger partial charge in [-0.05, 0) is 56.5 Å². The van der Waals surface area contributed by atoms with E-state index in [-0.39, 0.29) is 10.6 Å². The zero-order chi connectivity index (χ0) is 23.6. The number of benzene rings is 1. The van der Waals surface area contributed by atoms with Gasteiger partial charge in [-0.25, -0.2) is 18.2 Å². The molecular formula is C23H26N4O5S. The number of fused-ring (bicyclic) bond motifs is 1. The number of sulfonamides is 1. The molecule has 1 amide bonds. The number of piperidine rings is 1. The second-order valence-corrected chi connectivity index (χ2v) is 10.00. The van der Waals surface area contributed by atoms with Crippen molar-refractivity contribution in [3.05, 3.63) is 59.5 Å². The highest BCUT2D eigenvalue weighted by atomic mass is 32.2. The average molecular weight is 471 g/mol. The summed E-state index contributed by atoms with van der Waals surface area (Å²) < 4.78 is 34.4. The monoisotopic (exact) mass is 470 g/mol. The molecule has 9 nitrogen and oxygen atoms in total. The summed E-state index contributed by atoms with van der Waals surface area (Å²) in [6.45, 7) is 4.08. The van der Waals surface area contributed by atoms with Gasteiger partial charge in [0, 0.05) is 30.7 Å². The lowest BCUT2D eigenvalue weighted by atomic mass is 10.2. The minimum Gasteiger partial charge on any atom is -0.451 e. The molecule has 0 radical (unpaired) electrons. The first-order valence-electron chi connectivity index (χ1n) is 10.8. The minimum absolute atomic E-state index is 0.0994. The Labute approximate surface area is 192 Å². The average Bonchev–Trinajstić information content (AvgIpc) is 3.25. The number of nitrogens with one attached hydrogen (secondary N) is 1. The second-order valence-electron chi connectivity index (χ2n) is 8.09. The van der Waals surface area contributed by atoms with Crippen molar-refractivity contribution in [1.82, 2.24) is 13.7 Å². The number of anilines is 1. The number of aryl methyl sites for hydroxylation is 2. The second kappa shape index (κ2) is 9.32. The smallest absolute Gasteiger partial charge is 0.359 e. The lowest BCUT2D eigenvalue weighted by molar-refractivity contribution is -0.119. The summed E-state index contributed by atoms with van der Waals surface area (Å²) >= 11 is 0. The van der Waals surface area contributed by atoms with Crippen LogP contribution >= 0.6 is 0 Å². The fourth-order valence-electron chi connectivity index (χ4n) is 3.85. The molecule has 1 saturated heterocycles. The first-order chi connectivity index (χ1) is 15.8. The van der Waals surface area contributed by atoms with E-state index in [1.165, 1.54) is 10.4 Å². The van der Waals surface area contributed by atoms with E-state index < -0.39 is 28.5 Å². The molecule has 3 aromatic rings. The van der Waals surface area contributed by atoms with Gasteiger partial charge in [0.25, 0.3) is 5.91 Å². The molecular weight excluding hydrogens is 444 g/mol. The Morgan fingerprint density at radius 1 is 1.09 bits per heavy atom. The van der Waals surface area contributed by atoms with Crippen LogP contribution in [0.2, 0.25) is 0 Å². The number of esters is 1. The van der Waals surface area contributed by atoms with Crippen molar-refractivity contribution >= 4 is 33.2 Å². The van der Waals surface area contributed by atoms with Crippen molar-refractivity contribution < 1.29 is 22.7 Å². The van der Waals surface area contributed by atoms with Crippen molar-refractivity contribution in [3.8, 4) is 0 Å². The molecule has 4 rings (SSSR count). The van der Waals surface area contributed by atoms with Crippen molar-refractivity contribution in [2.24, 2.45) is 0 Å². The van der Waals surface area contributed by atoms with Gasteiger partial charge in [0.1, 0.15) is 5.65 Å². The molecule has 3 heterocycles. The van der Waals surface area contributed by atoms with Gasteiger partial charge in [0.05, 0.1) is 4.90 Å². The topological polar surface area (TPSA) is 110 Å². The molecule has 33 heavy (non-hydrogen) atoms. The van der Waals surface area contributed by atoms with Crippen LogP contribution in [0.25, 0.3) is 5.65 Å². The van der Waals surface area contributed by atoms with Gasteiger partial charge in [0.2, 0.25) is 10.0 Å². The number of imidazole rings is 1. The van der Waals surface area contributed by atoms with Crippen LogP contribution in [0.1, 0.15) is 41.0 Å².